The first kappa shape index (κ1) is 22.9. The van der Waals surface area contributed by atoms with Crippen LogP contribution in [0.5, 0.6) is 11.5 Å². The van der Waals surface area contributed by atoms with E-state index in [4.69, 9.17) is 9.47 Å². The molecule has 162 valence electrons. The van der Waals surface area contributed by atoms with Gasteiger partial charge in [-0.3, -0.25) is 9.36 Å². The lowest BCUT2D eigenvalue weighted by Crippen LogP contribution is -2.15. The van der Waals surface area contributed by atoms with Crippen molar-refractivity contribution in [3.8, 4) is 11.5 Å². The van der Waals surface area contributed by atoms with Crippen molar-refractivity contribution in [2.24, 2.45) is 0 Å². The molecule has 0 aliphatic rings. The summed E-state index contributed by atoms with van der Waals surface area (Å²) >= 11 is 4.71. The molecule has 0 fully saturated rings. The summed E-state index contributed by atoms with van der Waals surface area (Å²) in [6.07, 6.45) is 1.76. The molecule has 7 nitrogen and oxygen atoms in total. The Balaban J connectivity index is 1.61. The predicted molar refractivity (Wildman–Crippen MR) is 126 cm³/mol. The van der Waals surface area contributed by atoms with E-state index in [1.54, 1.807) is 6.08 Å². The number of benzene rings is 2. The maximum absolute atomic E-state index is 12.5. The van der Waals surface area contributed by atoms with Crippen molar-refractivity contribution in [2.45, 2.75) is 25.2 Å². The molecule has 3 rings (SSSR count). The van der Waals surface area contributed by atoms with Gasteiger partial charge in [-0.1, -0.05) is 45.9 Å². The number of aromatic nitrogens is 3. The van der Waals surface area contributed by atoms with Gasteiger partial charge < -0.3 is 14.8 Å². The number of nitrogens with one attached hydrogen (secondary N) is 1. The lowest BCUT2D eigenvalue weighted by atomic mass is 10.3. The second-order valence-electron chi connectivity index (χ2n) is 6.31. The van der Waals surface area contributed by atoms with E-state index >= 15 is 0 Å². The molecule has 31 heavy (non-hydrogen) atoms. The van der Waals surface area contributed by atoms with E-state index in [2.05, 4.69) is 38.0 Å². The maximum atomic E-state index is 12.5. The number of nitrogens with zero attached hydrogens (tertiary/aromatic N) is 3. The minimum Gasteiger partial charge on any atom is -0.492 e. The third-order valence-electron chi connectivity index (χ3n) is 4.08. The van der Waals surface area contributed by atoms with E-state index in [-0.39, 0.29) is 18.3 Å². The molecule has 0 spiro atoms. The summed E-state index contributed by atoms with van der Waals surface area (Å²) in [6.45, 7) is 7.00. The Kier molecular flexibility index (Phi) is 8.54. The lowest BCUT2D eigenvalue weighted by Gasteiger charge is -2.11. The highest BCUT2D eigenvalue weighted by atomic mass is 79.9. The molecular formula is C22H23BrN4O3S. The average Bonchev–Trinajstić information content (AvgIpc) is 3.15. The van der Waals surface area contributed by atoms with Crippen LogP contribution in [0.2, 0.25) is 0 Å². The van der Waals surface area contributed by atoms with Crippen LogP contribution in [-0.4, -0.2) is 33.0 Å². The highest BCUT2D eigenvalue weighted by Gasteiger charge is 2.15. The molecule has 0 aliphatic carbocycles. The highest BCUT2D eigenvalue weighted by molar-refractivity contribution is 9.10. The Morgan fingerprint density at radius 1 is 1.19 bits per heavy atom. The Morgan fingerprint density at radius 3 is 2.71 bits per heavy atom. The van der Waals surface area contributed by atoms with Gasteiger partial charge in [0.15, 0.2) is 11.0 Å². The van der Waals surface area contributed by atoms with E-state index in [1.165, 1.54) is 11.8 Å². The number of hydrogen-bond acceptors (Lipinski definition) is 6. The van der Waals surface area contributed by atoms with Gasteiger partial charge in [-0.05, 0) is 43.3 Å². The summed E-state index contributed by atoms with van der Waals surface area (Å²) in [5.41, 5.74) is 0.645. The number of carbonyl (C=O) groups is 1. The molecule has 9 heteroatoms. The molecule has 1 heterocycles. The number of carbonyl (C=O) groups excluding carboxylic acids is 1. The molecule has 1 amide bonds. The number of ether oxygens (including phenoxy) is 2. The van der Waals surface area contributed by atoms with Crippen LogP contribution in [0.15, 0.2) is 70.8 Å². The van der Waals surface area contributed by atoms with Crippen molar-refractivity contribution >= 4 is 39.3 Å². The molecule has 1 N–H and O–H groups in total. The second kappa shape index (κ2) is 11.6. The molecule has 1 aromatic heterocycles. The first-order valence-electron chi connectivity index (χ1n) is 9.66. The van der Waals surface area contributed by atoms with E-state index in [0.717, 1.165) is 10.2 Å². The topological polar surface area (TPSA) is 78.3 Å². The van der Waals surface area contributed by atoms with Gasteiger partial charge in [-0.25, -0.2) is 0 Å². The van der Waals surface area contributed by atoms with E-state index in [1.807, 2.05) is 60.0 Å². The minimum atomic E-state index is -0.155. The van der Waals surface area contributed by atoms with Crippen LogP contribution in [0.25, 0.3) is 0 Å². The maximum Gasteiger partial charge on any atom is 0.234 e. The zero-order valence-electron chi connectivity index (χ0n) is 17.1. The fraction of sp³-hybridized carbons (Fsp3) is 0.227. The Hall–Kier alpha value is -2.78. The smallest absolute Gasteiger partial charge is 0.234 e. The number of para-hydroxylation sites is 2. The van der Waals surface area contributed by atoms with Crippen molar-refractivity contribution in [1.82, 2.24) is 14.8 Å². The third-order valence-corrected chi connectivity index (χ3v) is 5.58. The zero-order valence-corrected chi connectivity index (χ0v) is 19.5. The molecule has 0 unspecified atom stereocenters. The average molecular weight is 503 g/mol. The molecular weight excluding hydrogens is 480 g/mol. The van der Waals surface area contributed by atoms with Crippen LogP contribution in [-0.2, 0) is 17.9 Å². The van der Waals surface area contributed by atoms with Crippen molar-refractivity contribution in [2.75, 3.05) is 17.7 Å². The molecule has 0 bridgehead atoms. The summed E-state index contributed by atoms with van der Waals surface area (Å²) in [6, 6.07) is 14.9. The molecule has 0 aliphatic heterocycles. The van der Waals surface area contributed by atoms with Gasteiger partial charge in [0.05, 0.1) is 18.0 Å². The van der Waals surface area contributed by atoms with E-state index in [0.29, 0.717) is 35.6 Å². The molecule has 2 aromatic carbocycles. The van der Waals surface area contributed by atoms with Crippen LogP contribution >= 0.6 is 27.7 Å². The van der Waals surface area contributed by atoms with Gasteiger partial charge in [-0.2, -0.15) is 0 Å². The third kappa shape index (κ3) is 6.60. The molecule has 0 atom stereocenters. The monoisotopic (exact) mass is 502 g/mol. The Labute approximate surface area is 194 Å². The second-order valence-corrected chi connectivity index (χ2v) is 8.16. The standard InChI is InChI=1S/C22H23BrN4O3S/c1-3-13-27-20(14-30-17-11-9-16(23)10-12-17)25-26-22(27)31-15-21(28)24-18-7-5-6-8-19(18)29-4-2/h3,5-12H,1,4,13-15H2,2H3,(H,24,28). The molecule has 0 saturated carbocycles. The summed E-state index contributed by atoms with van der Waals surface area (Å²) < 4.78 is 14.2. The number of halogens is 1. The van der Waals surface area contributed by atoms with Crippen molar-refractivity contribution in [1.29, 1.82) is 0 Å². The number of thioether (sulfide) groups is 1. The molecule has 0 saturated heterocycles. The van der Waals surface area contributed by atoms with Gasteiger partial charge in [0.2, 0.25) is 5.91 Å². The SMILES string of the molecule is C=CCn1c(COc2ccc(Br)cc2)nnc1SCC(=O)Nc1ccccc1OCC. The summed E-state index contributed by atoms with van der Waals surface area (Å²) in [7, 11) is 0. The zero-order chi connectivity index (χ0) is 22.1. The summed E-state index contributed by atoms with van der Waals surface area (Å²) in [4.78, 5) is 12.5. The summed E-state index contributed by atoms with van der Waals surface area (Å²) in [5, 5.41) is 12.0. The van der Waals surface area contributed by atoms with Gasteiger partial charge in [0.25, 0.3) is 0 Å². The van der Waals surface area contributed by atoms with Gasteiger partial charge >= 0.3 is 0 Å². The van der Waals surface area contributed by atoms with E-state index in [9.17, 15) is 4.79 Å². The van der Waals surface area contributed by atoms with Crippen molar-refractivity contribution in [3.05, 3.63) is 71.5 Å². The van der Waals surface area contributed by atoms with Gasteiger partial charge in [-0.15, -0.1) is 16.8 Å². The normalized spacial score (nSPS) is 10.5. The van der Waals surface area contributed by atoms with Gasteiger partial charge in [0, 0.05) is 11.0 Å². The number of rotatable bonds is 11. The molecule has 3 aromatic rings. The van der Waals surface area contributed by atoms with Crippen molar-refractivity contribution in [3.63, 3.8) is 0 Å². The van der Waals surface area contributed by atoms with Crippen LogP contribution in [0.4, 0.5) is 5.69 Å². The minimum absolute atomic E-state index is 0.155. The Morgan fingerprint density at radius 2 is 1.97 bits per heavy atom. The lowest BCUT2D eigenvalue weighted by molar-refractivity contribution is -0.113. The fourth-order valence-electron chi connectivity index (χ4n) is 2.69. The first-order chi connectivity index (χ1) is 15.1. The quantitative estimate of drug-likeness (QED) is 0.295. The van der Waals surface area contributed by atoms with Crippen molar-refractivity contribution < 1.29 is 14.3 Å². The highest BCUT2D eigenvalue weighted by Crippen LogP contribution is 2.25. The van der Waals surface area contributed by atoms with Crippen LogP contribution in [0.1, 0.15) is 12.7 Å². The number of anilines is 1. The van der Waals surface area contributed by atoms with Crippen LogP contribution in [0, 0.1) is 0 Å². The Bertz CT molecular complexity index is 1020. The fourth-order valence-corrected chi connectivity index (χ4v) is 3.72. The first-order valence-corrected chi connectivity index (χ1v) is 11.4. The van der Waals surface area contributed by atoms with Gasteiger partial charge in [0.1, 0.15) is 18.1 Å². The van der Waals surface area contributed by atoms with Crippen LogP contribution in [0.3, 0.4) is 0 Å². The largest absolute Gasteiger partial charge is 0.492 e. The molecule has 0 radical (unpaired) electrons. The number of hydrogen-bond donors (Lipinski definition) is 1. The predicted octanol–water partition coefficient (Wildman–Crippen LogP) is 4.94. The van der Waals surface area contributed by atoms with E-state index < -0.39 is 0 Å². The number of amides is 1. The van der Waals surface area contributed by atoms with Crippen LogP contribution < -0.4 is 14.8 Å². The summed E-state index contributed by atoms with van der Waals surface area (Å²) in [5.74, 6) is 2.07. The number of allylic oxidation sites excluding steroid dienone is 1.